The molecule has 0 saturated carbocycles. The molecule has 0 saturated heterocycles. The van der Waals surface area contributed by atoms with E-state index < -0.39 is 10.9 Å². The van der Waals surface area contributed by atoms with Gasteiger partial charge in [-0.2, -0.15) is 0 Å². The smallest absolute Gasteiger partial charge is 0.203 e. The van der Waals surface area contributed by atoms with Crippen LogP contribution in [0.4, 0.5) is 0 Å². The number of rotatable bonds is 0. The van der Waals surface area contributed by atoms with Crippen LogP contribution in [0.2, 0.25) is 0 Å². The highest BCUT2D eigenvalue weighted by atomic mass is 32.2. The third-order valence-corrected chi connectivity index (χ3v) is 1.43. The van der Waals surface area contributed by atoms with Gasteiger partial charge in [-0.25, -0.2) is 0 Å². The lowest BCUT2D eigenvalue weighted by Gasteiger charge is -1.76. The highest BCUT2D eigenvalue weighted by Crippen LogP contribution is 2.08. The van der Waals surface area contributed by atoms with E-state index in [-0.39, 0.29) is 0 Å². The molecular weight excluding hydrogens is 112 g/mol. The summed E-state index contributed by atoms with van der Waals surface area (Å²) in [4.78, 5) is 0.597. The van der Waals surface area contributed by atoms with E-state index in [4.69, 9.17) is 0 Å². The summed E-state index contributed by atoms with van der Waals surface area (Å²) >= 11 is 0. The minimum Gasteiger partial charge on any atom is -0.567 e. The van der Waals surface area contributed by atoms with Gasteiger partial charge < -0.3 is 4.55 Å². The number of aromatic nitrogens is 2. The molecule has 0 amide bonds. The molecule has 37 valence electrons. The summed E-state index contributed by atoms with van der Waals surface area (Å²) in [5, 5.41) is 3.28. The van der Waals surface area contributed by atoms with Crippen molar-refractivity contribution in [1.29, 1.82) is 0 Å². The summed E-state index contributed by atoms with van der Waals surface area (Å²) in [6, 6.07) is 0. The van der Waals surface area contributed by atoms with E-state index in [1.807, 2.05) is 0 Å². The van der Waals surface area contributed by atoms with Crippen molar-refractivity contribution in [3.63, 3.8) is 0 Å². The first-order valence-electron chi connectivity index (χ1n) is 1.73. The molecule has 0 N–H and O–H groups in total. The summed E-state index contributed by atoms with van der Waals surface area (Å²) in [6.45, 7) is 1.68. The molecule has 1 rings (SSSR count). The van der Waals surface area contributed by atoms with Gasteiger partial charge in [0.2, 0.25) is 4.88 Å². The van der Waals surface area contributed by atoms with Crippen LogP contribution in [0, 0.1) is 13.1 Å². The Morgan fingerprint density at radius 1 is 1.86 bits per heavy atom. The monoisotopic (exact) mass is 115 g/mol. The maximum absolute atomic E-state index is 10.3. The van der Waals surface area contributed by atoms with Gasteiger partial charge in [0, 0.05) is 6.92 Å². The van der Waals surface area contributed by atoms with E-state index >= 15 is 0 Å². The van der Waals surface area contributed by atoms with Crippen LogP contribution >= 0.6 is 10.9 Å². The molecule has 0 aliphatic heterocycles. The normalized spacial score (nSPS) is 12.0. The zero-order valence-electron chi connectivity index (χ0n) is 3.71. The van der Waals surface area contributed by atoms with E-state index in [0.717, 1.165) is 0 Å². The number of hydrogen-bond acceptors (Lipinski definition) is 3. The molecule has 0 spiro atoms. The minimum absolute atomic E-state index is 0.597. The Labute approximate surface area is 44.0 Å². The van der Waals surface area contributed by atoms with Crippen molar-refractivity contribution in [3.8, 4) is 0 Å². The van der Waals surface area contributed by atoms with Gasteiger partial charge in [0.1, 0.15) is 0 Å². The lowest BCUT2D eigenvalue weighted by Crippen LogP contribution is -1.61. The molecule has 1 aromatic rings. The van der Waals surface area contributed by atoms with Crippen molar-refractivity contribution in [2.24, 2.45) is 0 Å². The van der Waals surface area contributed by atoms with Crippen molar-refractivity contribution in [3.05, 3.63) is 11.1 Å². The van der Waals surface area contributed by atoms with Gasteiger partial charge in [-0.15, -0.1) is 0 Å². The lowest BCUT2D eigenvalue weighted by molar-refractivity contribution is 0.588. The second-order valence-corrected chi connectivity index (χ2v) is 2.37. The van der Waals surface area contributed by atoms with E-state index in [1.165, 1.54) is 0 Å². The predicted octanol–water partition coefficient (Wildman–Crippen LogP) is 0.313. The zero-order valence-corrected chi connectivity index (χ0v) is 4.53. The van der Waals surface area contributed by atoms with Crippen LogP contribution in [0.1, 0.15) is 4.88 Å². The molecule has 0 bridgehead atoms. The second kappa shape index (κ2) is 1.55. The van der Waals surface area contributed by atoms with E-state index in [0.29, 0.717) is 4.88 Å². The van der Waals surface area contributed by atoms with Crippen LogP contribution in [0.15, 0.2) is 0 Å². The largest absolute Gasteiger partial charge is 0.567 e. The zero-order chi connectivity index (χ0) is 5.28. The van der Waals surface area contributed by atoms with E-state index in [9.17, 15) is 4.55 Å². The third kappa shape index (κ3) is 0.755. The molecule has 0 aromatic carbocycles. The van der Waals surface area contributed by atoms with Crippen LogP contribution in [0.5, 0.6) is 0 Å². The van der Waals surface area contributed by atoms with Gasteiger partial charge >= 0.3 is 0 Å². The fraction of sp³-hybridized carbons (Fsp3) is 0.333. The highest BCUT2D eigenvalue weighted by molar-refractivity contribution is 7.19. The fourth-order valence-corrected chi connectivity index (χ4v) is 0.585. The standard InChI is InChI=1S/C3H3N2OS/c1-3-2-4-5-7(3)6/h1H3. The summed E-state index contributed by atoms with van der Waals surface area (Å²) in [6.07, 6.45) is 2.44. The van der Waals surface area contributed by atoms with Crippen molar-refractivity contribution in [1.82, 2.24) is 9.59 Å². The first-order chi connectivity index (χ1) is 3.30. The summed E-state index contributed by atoms with van der Waals surface area (Å²) in [7, 11) is -1.20. The SMILES string of the molecule is Cc1[c]nn[s+]1[O-]. The Kier molecular flexibility index (Phi) is 1.04. The van der Waals surface area contributed by atoms with Gasteiger partial charge in [-0.05, 0) is 0 Å². The predicted molar refractivity (Wildman–Crippen MR) is 24.3 cm³/mol. The van der Waals surface area contributed by atoms with Gasteiger partial charge in [-0.1, -0.05) is 5.10 Å². The molecule has 4 heteroatoms. The minimum atomic E-state index is -1.20. The van der Waals surface area contributed by atoms with Crippen molar-refractivity contribution >= 4 is 10.9 Å². The maximum Gasteiger partial charge on any atom is 0.203 e. The quantitative estimate of drug-likeness (QED) is 0.457. The van der Waals surface area contributed by atoms with Crippen molar-refractivity contribution < 1.29 is 4.55 Å². The molecule has 0 aliphatic rings. The summed E-state index contributed by atoms with van der Waals surface area (Å²) < 4.78 is 13.6. The van der Waals surface area contributed by atoms with Gasteiger partial charge in [-0.3, -0.25) is 0 Å². The lowest BCUT2D eigenvalue weighted by atomic mass is 10.7. The van der Waals surface area contributed by atoms with Crippen LogP contribution in [0.25, 0.3) is 0 Å². The molecule has 3 nitrogen and oxygen atoms in total. The average Bonchev–Trinajstić information content (AvgIpc) is 1.91. The Hall–Kier alpha value is -0.480. The van der Waals surface area contributed by atoms with Crippen LogP contribution in [-0.2, 0) is 0 Å². The fourth-order valence-electron chi connectivity index (χ4n) is 0.228. The Morgan fingerprint density at radius 2 is 2.57 bits per heavy atom. The molecule has 1 atom stereocenters. The molecule has 0 fully saturated rings. The first-order valence-corrected chi connectivity index (χ1v) is 2.83. The van der Waals surface area contributed by atoms with Crippen LogP contribution in [-0.4, -0.2) is 14.1 Å². The summed E-state index contributed by atoms with van der Waals surface area (Å²) in [5.74, 6) is 0. The molecule has 1 radical (unpaired) electrons. The third-order valence-electron chi connectivity index (χ3n) is 0.584. The van der Waals surface area contributed by atoms with E-state index in [2.05, 4.69) is 15.8 Å². The van der Waals surface area contributed by atoms with Gasteiger partial charge in [0.15, 0.2) is 6.20 Å². The van der Waals surface area contributed by atoms with Crippen molar-refractivity contribution in [2.75, 3.05) is 0 Å². The van der Waals surface area contributed by atoms with Crippen LogP contribution in [0.3, 0.4) is 0 Å². The molecule has 1 heterocycles. The molecule has 0 aliphatic carbocycles. The van der Waals surface area contributed by atoms with Gasteiger partial charge in [0.05, 0.1) is 15.4 Å². The summed E-state index contributed by atoms with van der Waals surface area (Å²) in [5.41, 5.74) is 0. The van der Waals surface area contributed by atoms with E-state index in [1.54, 1.807) is 6.92 Å². The maximum atomic E-state index is 10.3. The number of hydrogen-bond donors (Lipinski definition) is 0. The number of nitrogens with zero attached hydrogens (tertiary/aromatic N) is 2. The average molecular weight is 115 g/mol. The van der Waals surface area contributed by atoms with Gasteiger partial charge in [0.25, 0.3) is 0 Å². The molecule has 1 aromatic heterocycles. The Morgan fingerprint density at radius 3 is 2.71 bits per heavy atom. The Balaban J connectivity index is 3.12. The molecule has 7 heavy (non-hydrogen) atoms. The first kappa shape index (κ1) is 4.67. The van der Waals surface area contributed by atoms with Crippen LogP contribution < -0.4 is 0 Å². The van der Waals surface area contributed by atoms with Crippen molar-refractivity contribution in [2.45, 2.75) is 6.92 Å². The highest BCUT2D eigenvalue weighted by Gasteiger charge is 1.98. The second-order valence-electron chi connectivity index (χ2n) is 1.10. The Bertz CT molecular complexity index is 145. The topological polar surface area (TPSA) is 48.8 Å². The molecular formula is C3H3N2OS. The molecule has 1 unspecified atom stereocenters. The number of aryl methyl sites for hydroxylation is 1.